The monoisotopic (exact) mass is 571 g/mol. The molecular formula is C36H29NO6. The van der Waals surface area contributed by atoms with Gasteiger partial charge in [0.2, 0.25) is 0 Å². The Kier molecular flexibility index (Phi) is 6.20. The molecule has 3 atom stereocenters. The standard InChI is InChI=1S/C36H29NO6/c1-41-23-11-8-10-22(19-23)33(38)32-31(27-17-16-24(42-2)20-29(27)43-3)36(34(39)25-12-5-6-13-26(25)35(36)40)30-18-15-21-9-4-7-14-28(21)37(30)32/h4-20,30-32H,1-3H3/t30?,31-,32+/m0/s1. The summed E-state index contributed by atoms with van der Waals surface area (Å²) in [6.45, 7) is 0. The van der Waals surface area contributed by atoms with Gasteiger partial charge in [0.15, 0.2) is 17.3 Å². The summed E-state index contributed by atoms with van der Waals surface area (Å²) in [6, 6.07) is 25.3. The average Bonchev–Trinajstić information content (AvgIpc) is 3.49. The van der Waals surface area contributed by atoms with Crippen molar-refractivity contribution in [3.05, 3.63) is 125 Å². The number of hydrogen-bond donors (Lipinski definition) is 0. The minimum absolute atomic E-state index is 0.231. The molecule has 43 heavy (non-hydrogen) atoms. The van der Waals surface area contributed by atoms with Gasteiger partial charge in [-0.3, -0.25) is 14.4 Å². The summed E-state index contributed by atoms with van der Waals surface area (Å²) < 4.78 is 16.8. The van der Waals surface area contributed by atoms with Gasteiger partial charge in [0.25, 0.3) is 0 Å². The van der Waals surface area contributed by atoms with Crippen molar-refractivity contribution in [1.82, 2.24) is 0 Å². The van der Waals surface area contributed by atoms with Crippen LogP contribution in [0.3, 0.4) is 0 Å². The maximum Gasteiger partial charge on any atom is 0.186 e. The van der Waals surface area contributed by atoms with Crippen molar-refractivity contribution >= 4 is 29.1 Å². The average molecular weight is 572 g/mol. The van der Waals surface area contributed by atoms with Crippen molar-refractivity contribution in [2.75, 3.05) is 26.2 Å². The predicted molar refractivity (Wildman–Crippen MR) is 163 cm³/mol. The fraction of sp³-hybridized carbons (Fsp3) is 0.194. The maximum atomic E-state index is 14.9. The lowest BCUT2D eigenvalue weighted by molar-refractivity contribution is 0.0664. The van der Waals surface area contributed by atoms with Crippen LogP contribution < -0.4 is 19.1 Å². The number of carbonyl (C=O) groups is 3. The van der Waals surface area contributed by atoms with E-state index in [0.717, 1.165) is 11.3 Å². The predicted octanol–water partition coefficient (Wildman–Crippen LogP) is 6.03. The zero-order chi connectivity index (χ0) is 29.9. The normalized spacial score (nSPS) is 20.9. The Morgan fingerprint density at radius 3 is 2.12 bits per heavy atom. The van der Waals surface area contributed by atoms with Crippen LogP contribution in [-0.4, -0.2) is 50.8 Å². The van der Waals surface area contributed by atoms with Gasteiger partial charge in [-0.05, 0) is 29.8 Å². The van der Waals surface area contributed by atoms with Crippen molar-refractivity contribution in [2.24, 2.45) is 5.41 Å². The van der Waals surface area contributed by atoms with Gasteiger partial charge >= 0.3 is 0 Å². The van der Waals surface area contributed by atoms with Gasteiger partial charge in [-0.2, -0.15) is 0 Å². The Balaban J connectivity index is 1.56. The molecule has 3 aliphatic rings. The van der Waals surface area contributed by atoms with Gasteiger partial charge in [0.1, 0.15) is 28.7 Å². The largest absolute Gasteiger partial charge is 0.497 e. The van der Waals surface area contributed by atoms with E-state index in [4.69, 9.17) is 14.2 Å². The maximum absolute atomic E-state index is 14.9. The Hall–Kier alpha value is -5.17. The Morgan fingerprint density at radius 1 is 0.744 bits per heavy atom. The van der Waals surface area contributed by atoms with E-state index in [9.17, 15) is 14.4 Å². The van der Waals surface area contributed by atoms with Gasteiger partial charge in [-0.1, -0.05) is 72.8 Å². The lowest BCUT2D eigenvalue weighted by Gasteiger charge is -2.37. The van der Waals surface area contributed by atoms with Gasteiger partial charge < -0.3 is 19.1 Å². The molecule has 7 nitrogen and oxygen atoms in total. The van der Waals surface area contributed by atoms with Gasteiger partial charge in [-0.25, -0.2) is 0 Å². The van der Waals surface area contributed by atoms with Crippen molar-refractivity contribution < 1.29 is 28.6 Å². The number of Topliss-reactive ketones (excluding diaryl/α,β-unsaturated/α-hetero) is 3. The molecule has 2 heterocycles. The summed E-state index contributed by atoms with van der Waals surface area (Å²) in [7, 11) is 4.64. The second kappa shape index (κ2) is 9.98. The fourth-order valence-corrected chi connectivity index (χ4v) is 7.28. The smallest absolute Gasteiger partial charge is 0.186 e. The van der Waals surface area contributed by atoms with E-state index < -0.39 is 23.4 Å². The van der Waals surface area contributed by atoms with Crippen LogP contribution >= 0.6 is 0 Å². The minimum atomic E-state index is -1.63. The first-order valence-corrected chi connectivity index (χ1v) is 14.1. The van der Waals surface area contributed by atoms with E-state index in [2.05, 4.69) is 0 Å². The lowest BCUT2D eigenvalue weighted by atomic mass is 9.64. The summed E-state index contributed by atoms with van der Waals surface area (Å²) in [5, 5.41) is 0. The zero-order valence-corrected chi connectivity index (χ0v) is 23.9. The van der Waals surface area contributed by atoms with Crippen molar-refractivity contribution in [3.63, 3.8) is 0 Å². The number of nitrogens with zero attached hydrogens (tertiary/aromatic N) is 1. The molecule has 0 radical (unpaired) electrons. The molecule has 0 N–H and O–H groups in total. The van der Waals surface area contributed by atoms with Crippen LogP contribution in [-0.2, 0) is 0 Å². The van der Waals surface area contributed by atoms with Gasteiger partial charge in [0.05, 0.1) is 27.4 Å². The molecule has 1 aliphatic carbocycles. The number of para-hydroxylation sites is 1. The number of rotatable bonds is 6. The van der Waals surface area contributed by atoms with E-state index >= 15 is 0 Å². The first-order chi connectivity index (χ1) is 20.9. The highest BCUT2D eigenvalue weighted by molar-refractivity contribution is 6.32. The molecule has 214 valence electrons. The number of ether oxygens (including phenoxy) is 3. The molecule has 7 heteroatoms. The molecule has 0 saturated carbocycles. The molecule has 1 fully saturated rings. The van der Waals surface area contributed by atoms with E-state index in [1.165, 1.54) is 7.11 Å². The topological polar surface area (TPSA) is 82.1 Å². The summed E-state index contributed by atoms with van der Waals surface area (Å²) in [5.41, 5.74) is 1.78. The van der Waals surface area contributed by atoms with Gasteiger partial charge in [0, 0.05) is 39.9 Å². The number of anilines is 1. The van der Waals surface area contributed by atoms with Crippen LogP contribution in [0.4, 0.5) is 5.69 Å². The van der Waals surface area contributed by atoms with Crippen LogP contribution in [0.5, 0.6) is 17.2 Å². The van der Waals surface area contributed by atoms with Crippen molar-refractivity contribution in [3.8, 4) is 17.2 Å². The van der Waals surface area contributed by atoms with Crippen LogP contribution in [0.2, 0.25) is 0 Å². The number of benzene rings is 4. The molecule has 1 unspecified atom stereocenters. The minimum Gasteiger partial charge on any atom is -0.497 e. The quantitative estimate of drug-likeness (QED) is 0.207. The number of methoxy groups -OCH3 is 3. The van der Waals surface area contributed by atoms with Crippen LogP contribution in [0.1, 0.15) is 48.1 Å². The molecule has 0 aromatic heterocycles. The van der Waals surface area contributed by atoms with Gasteiger partial charge in [-0.15, -0.1) is 0 Å². The molecule has 1 spiro atoms. The van der Waals surface area contributed by atoms with E-state index in [0.29, 0.717) is 39.5 Å². The summed E-state index contributed by atoms with van der Waals surface area (Å²) in [5.74, 6) is -0.204. The number of carbonyl (C=O) groups excluding carboxylic acids is 3. The summed E-state index contributed by atoms with van der Waals surface area (Å²) in [4.78, 5) is 46.5. The molecule has 4 aromatic rings. The third-order valence-corrected chi connectivity index (χ3v) is 9.11. The summed E-state index contributed by atoms with van der Waals surface area (Å²) in [6.07, 6.45) is 3.86. The number of fused-ring (bicyclic) bond motifs is 5. The van der Waals surface area contributed by atoms with E-state index in [1.54, 1.807) is 74.9 Å². The first kappa shape index (κ1) is 26.7. The number of hydrogen-bond acceptors (Lipinski definition) is 7. The van der Waals surface area contributed by atoms with Crippen LogP contribution in [0.25, 0.3) is 6.08 Å². The van der Waals surface area contributed by atoms with E-state index in [-0.39, 0.29) is 17.3 Å². The zero-order valence-electron chi connectivity index (χ0n) is 23.9. The van der Waals surface area contributed by atoms with Crippen LogP contribution in [0, 0.1) is 5.41 Å². The fourth-order valence-electron chi connectivity index (χ4n) is 7.28. The van der Waals surface area contributed by atoms with E-state index in [1.807, 2.05) is 47.4 Å². The molecule has 0 amide bonds. The number of ketones is 3. The highest BCUT2D eigenvalue weighted by atomic mass is 16.5. The van der Waals surface area contributed by atoms with Crippen molar-refractivity contribution in [1.29, 1.82) is 0 Å². The lowest BCUT2D eigenvalue weighted by Crippen LogP contribution is -2.48. The molecular weight excluding hydrogens is 542 g/mol. The Bertz CT molecular complexity index is 1810. The molecule has 2 aliphatic heterocycles. The Morgan fingerprint density at radius 2 is 1.42 bits per heavy atom. The third kappa shape index (κ3) is 3.64. The Labute approximate surface area is 249 Å². The molecule has 7 rings (SSSR count). The first-order valence-electron chi connectivity index (χ1n) is 14.1. The SMILES string of the molecule is COc1cccc(C(=O)[C@H]2[C@H](c3ccc(OC)cc3OC)C3(C(=O)c4ccccc4C3=O)C3C=Cc4ccccc4N32)c1. The highest BCUT2D eigenvalue weighted by Crippen LogP contribution is 2.62. The molecule has 0 bridgehead atoms. The highest BCUT2D eigenvalue weighted by Gasteiger charge is 2.72. The van der Waals surface area contributed by atoms with Crippen LogP contribution in [0.15, 0.2) is 97.1 Å². The second-order valence-electron chi connectivity index (χ2n) is 11.0. The summed E-state index contributed by atoms with van der Waals surface area (Å²) >= 11 is 0. The second-order valence-corrected chi connectivity index (χ2v) is 11.0. The third-order valence-electron chi connectivity index (χ3n) is 9.11. The molecule has 4 aromatic carbocycles. The molecule has 1 saturated heterocycles. The van der Waals surface area contributed by atoms with Crippen molar-refractivity contribution in [2.45, 2.75) is 18.0 Å².